The summed E-state index contributed by atoms with van der Waals surface area (Å²) in [7, 11) is 0. The van der Waals surface area contributed by atoms with Crippen LogP contribution in [0.3, 0.4) is 0 Å². The molecule has 1 saturated carbocycles. The quantitative estimate of drug-likeness (QED) is 0.687. The van der Waals surface area contributed by atoms with Crippen molar-refractivity contribution >= 4 is 11.9 Å². The third-order valence-electron chi connectivity index (χ3n) is 5.81. The molecule has 4 rings (SSSR count). The number of esters is 2. The maximum atomic E-state index is 12.3. The van der Waals surface area contributed by atoms with Gasteiger partial charge >= 0.3 is 11.9 Å². The van der Waals surface area contributed by atoms with Crippen LogP contribution in [0.2, 0.25) is 0 Å². The Morgan fingerprint density at radius 2 is 1.95 bits per heavy atom. The van der Waals surface area contributed by atoms with Crippen LogP contribution in [0.5, 0.6) is 0 Å². The zero-order valence-electron chi connectivity index (χ0n) is 12.1. The van der Waals surface area contributed by atoms with Crippen molar-refractivity contribution in [1.29, 1.82) is 0 Å². The lowest BCUT2D eigenvalue weighted by atomic mass is 9.50. The van der Waals surface area contributed by atoms with Crippen molar-refractivity contribution in [2.24, 2.45) is 22.7 Å². The lowest BCUT2D eigenvalue weighted by Crippen LogP contribution is -2.50. The molecule has 2 aliphatic carbocycles. The van der Waals surface area contributed by atoms with E-state index in [4.69, 9.17) is 9.47 Å². The summed E-state index contributed by atoms with van der Waals surface area (Å²) in [4.78, 5) is 24.0. The van der Waals surface area contributed by atoms with Gasteiger partial charge in [0.05, 0.1) is 11.3 Å². The number of cyclic esters (lactones) is 1. The van der Waals surface area contributed by atoms with Crippen LogP contribution in [0.15, 0.2) is 23.5 Å². The van der Waals surface area contributed by atoms with Crippen LogP contribution in [-0.2, 0) is 19.1 Å². The number of ether oxygens (including phenoxy) is 2. The fraction of sp³-hybridized carbons (Fsp3) is 0.625. The van der Waals surface area contributed by atoms with E-state index in [0.717, 1.165) is 24.8 Å². The molecule has 0 bridgehead atoms. The summed E-state index contributed by atoms with van der Waals surface area (Å²) in [5.74, 6) is -0.516. The highest BCUT2D eigenvalue weighted by molar-refractivity contribution is 5.86. The first-order valence-corrected chi connectivity index (χ1v) is 7.41. The molecule has 5 heteroatoms. The van der Waals surface area contributed by atoms with E-state index in [1.54, 1.807) is 6.08 Å². The molecule has 2 fully saturated rings. The van der Waals surface area contributed by atoms with Crippen molar-refractivity contribution in [3.63, 3.8) is 0 Å². The molecule has 0 radical (unpaired) electrons. The fourth-order valence-corrected chi connectivity index (χ4v) is 4.88. The maximum Gasteiger partial charge on any atom is 0.333 e. The van der Waals surface area contributed by atoms with Crippen LogP contribution in [-0.4, -0.2) is 23.3 Å². The number of aliphatic hydroxyl groups is 1. The van der Waals surface area contributed by atoms with Crippen molar-refractivity contribution in [2.75, 3.05) is 0 Å². The van der Waals surface area contributed by atoms with E-state index in [1.165, 1.54) is 6.08 Å². The van der Waals surface area contributed by atoms with Crippen molar-refractivity contribution < 1.29 is 24.2 Å². The molecule has 21 heavy (non-hydrogen) atoms. The Morgan fingerprint density at radius 3 is 2.71 bits per heavy atom. The van der Waals surface area contributed by atoms with Gasteiger partial charge in [0.2, 0.25) is 6.29 Å². The summed E-state index contributed by atoms with van der Waals surface area (Å²) in [5.41, 5.74) is 0.00915. The van der Waals surface area contributed by atoms with Gasteiger partial charge in [-0.1, -0.05) is 13.3 Å². The highest BCUT2D eigenvalue weighted by Crippen LogP contribution is 2.65. The minimum absolute atomic E-state index is 0.0492. The molecule has 5 nitrogen and oxygen atoms in total. The number of carbonyl (C=O) groups excluding carboxylic acids is 2. The van der Waals surface area contributed by atoms with Gasteiger partial charge in [0.1, 0.15) is 5.76 Å². The predicted octanol–water partition coefficient (Wildman–Crippen LogP) is 1.67. The number of rotatable bonds is 0. The number of fused-ring (bicyclic) bond motifs is 2. The summed E-state index contributed by atoms with van der Waals surface area (Å²) >= 11 is 0. The van der Waals surface area contributed by atoms with E-state index in [9.17, 15) is 14.7 Å². The van der Waals surface area contributed by atoms with E-state index in [-0.39, 0.29) is 17.3 Å². The number of hydrogen-bond donors (Lipinski definition) is 1. The van der Waals surface area contributed by atoms with Gasteiger partial charge in [-0.05, 0) is 31.4 Å². The van der Waals surface area contributed by atoms with Crippen LogP contribution < -0.4 is 0 Å². The molecule has 0 amide bonds. The van der Waals surface area contributed by atoms with E-state index in [1.807, 2.05) is 6.92 Å². The molecule has 2 aliphatic heterocycles. The average Bonchev–Trinajstić information content (AvgIpc) is 2.65. The predicted molar refractivity (Wildman–Crippen MR) is 71.4 cm³/mol. The van der Waals surface area contributed by atoms with Crippen LogP contribution in [0.25, 0.3) is 0 Å². The third-order valence-corrected chi connectivity index (χ3v) is 5.81. The van der Waals surface area contributed by atoms with Crippen molar-refractivity contribution in [3.05, 3.63) is 23.5 Å². The number of carbonyl (C=O) groups is 2. The number of allylic oxidation sites excluding steroid dienone is 1. The first kappa shape index (κ1) is 13.1. The van der Waals surface area contributed by atoms with Crippen LogP contribution >= 0.6 is 0 Å². The topological polar surface area (TPSA) is 72.8 Å². The van der Waals surface area contributed by atoms with E-state index in [2.05, 4.69) is 6.92 Å². The zero-order chi connectivity index (χ0) is 15.0. The van der Waals surface area contributed by atoms with Crippen molar-refractivity contribution in [1.82, 2.24) is 0 Å². The normalized spacial score (nSPS) is 47.7. The minimum atomic E-state index is -1.20. The van der Waals surface area contributed by atoms with Gasteiger partial charge in [0, 0.05) is 17.4 Å². The third kappa shape index (κ3) is 1.45. The molecule has 0 spiro atoms. The molecule has 0 aromatic heterocycles. The molecule has 112 valence electrons. The Balaban J connectivity index is 1.94. The summed E-state index contributed by atoms with van der Waals surface area (Å²) < 4.78 is 10.4. The molecule has 2 unspecified atom stereocenters. The molecule has 2 heterocycles. The smallest absolute Gasteiger partial charge is 0.333 e. The maximum absolute atomic E-state index is 12.3. The molecule has 4 aliphatic rings. The first-order chi connectivity index (χ1) is 9.86. The minimum Gasteiger partial charge on any atom is -0.432 e. The van der Waals surface area contributed by atoms with Gasteiger partial charge in [-0.15, -0.1) is 0 Å². The Morgan fingerprint density at radius 1 is 1.24 bits per heavy atom. The van der Waals surface area contributed by atoms with Crippen LogP contribution in [0.4, 0.5) is 0 Å². The molecule has 0 aromatic rings. The van der Waals surface area contributed by atoms with Gasteiger partial charge in [-0.25, -0.2) is 4.79 Å². The summed E-state index contributed by atoms with van der Waals surface area (Å²) in [6, 6.07) is 0. The Bertz CT molecular complexity index is 618. The van der Waals surface area contributed by atoms with Gasteiger partial charge in [0.15, 0.2) is 0 Å². The molecule has 0 aromatic carbocycles. The number of hydrogen-bond acceptors (Lipinski definition) is 5. The highest BCUT2D eigenvalue weighted by atomic mass is 16.6. The van der Waals surface area contributed by atoms with E-state index < -0.39 is 23.6 Å². The first-order valence-electron chi connectivity index (χ1n) is 7.41. The monoisotopic (exact) mass is 290 g/mol. The second kappa shape index (κ2) is 3.77. The Kier molecular flexibility index (Phi) is 2.35. The van der Waals surface area contributed by atoms with Gasteiger partial charge in [-0.2, -0.15) is 0 Å². The van der Waals surface area contributed by atoms with Gasteiger partial charge in [-0.3, -0.25) is 4.79 Å². The molecular weight excluding hydrogens is 272 g/mol. The summed E-state index contributed by atoms with van der Waals surface area (Å²) in [6.07, 6.45) is 4.65. The van der Waals surface area contributed by atoms with Crippen LogP contribution in [0, 0.1) is 22.7 Å². The van der Waals surface area contributed by atoms with E-state index in [0.29, 0.717) is 5.76 Å². The molecular formula is C16H18O5. The molecule has 1 N–H and O–H groups in total. The van der Waals surface area contributed by atoms with Gasteiger partial charge in [0.25, 0.3) is 0 Å². The highest BCUT2D eigenvalue weighted by Gasteiger charge is 2.64. The molecule has 1 saturated heterocycles. The van der Waals surface area contributed by atoms with Gasteiger partial charge < -0.3 is 14.6 Å². The van der Waals surface area contributed by atoms with E-state index >= 15 is 0 Å². The lowest BCUT2D eigenvalue weighted by Gasteiger charge is -2.52. The molecule has 5 atom stereocenters. The largest absolute Gasteiger partial charge is 0.432 e. The zero-order valence-corrected chi connectivity index (χ0v) is 12.1. The second-order valence-electron chi connectivity index (χ2n) is 7.03. The SMILES string of the molecule is C[C@@]12CCC[C@]3(C)C4=CC(=O)OC(O)C4C=C(OC1=O)[C@@H]23. The second-order valence-corrected chi connectivity index (χ2v) is 7.03. The lowest BCUT2D eigenvalue weighted by molar-refractivity contribution is -0.171. The van der Waals surface area contributed by atoms with Crippen LogP contribution in [0.1, 0.15) is 33.1 Å². The Hall–Kier alpha value is -1.62. The number of aliphatic hydroxyl groups excluding tert-OH is 1. The summed E-state index contributed by atoms with van der Waals surface area (Å²) in [6.45, 7) is 4.03. The van der Waals surface area contributed by atoms with Crippen molar-refractivity contribution in [2.45, 2.75) is 39.4 Å². The Labute approximate surface area is 122 Å². The fourth-order valence-electron chi connectivity index (χ4n) is 4.88. The van der Waals surface area contributed by atoms with Crippen molar-refractivity contribution in [3.8, 4) is 0 Å². The summed E-state index contributed by atoms with van der Waals surface area (Å²) in [5, 5.41) is 10.1. The average molecular weight is 290 g/mol. The standard InChI is InChI=1S/C16H18O5/c1-15-4-3-5-16(2)12(15)10(20-14(16)19)6-8-9(15)7-11(17)21-13(8)18/h6-8,12-13,18H,3-5H2,1-2H3/t8?,12-,13?,15-,16+/m1/s1.